The van der Waals surface area contributed by atoms with E-state index < -0.39 is 30.0 Å². The van der Waals surface area contributed by atoms with Crippen molar-refractivity contribution < 1.29 is 23.5 Å². The van der Waals surface area contributed by atoms with Crippen LogP contribution in [-0.2, 0) is 9.53 Å². The lowest BCUT2D eigenvalue weighted by atomic mass is 10.2. The number of amides is 2. The molecule has 2 atom stereocenters. The number of ether oxygens (including phenoxy) is 2. The van der Waals surface area contributed by atoms with Gasteiger partial charge >= 0.3 is 12.0 Å². The van der Waals surface area contributed by atoms with Crippen LogP contribution < -0.4 is 10.1 Å². The molecule has 2 aromatic carbocycles. The Morgan fingerprint density at radius 3 is 2.67 bits per heavy atom. The predicted molar refractivity (Wildman–Crippen MR) is 98.1 cm³/mol. The molecule has 3 rings (SSSR count). The van der Waals surface area contributed by atoms with E-state index >= 15 is 0 Å². The second kappa shape index (κ2) is 8.07. The van der Waals surface area contributed by atoms with Gasteiger partial charge in [0.15, 0.2) is 11.6 Å². The van der Waals surface area contributed by atoms with Gasteiger partial charge in [0.1, 0.15) is 12.1 Å². The maximum Gasteiger partial charge on any atom is 0.328 e. The van der Waals surface area contributed by atoms with E-state index in [0.717, 1.165) is 5.56 Å². The number of nitrogens with one attached hydrogen (secondary N) is 1. The number of carbonyl (C=O) groups is 2. The zero-order chi connectivity index (χ0) is 19.4. The van der Waals surface area contributed by atoms with Gasteiger partial charge in [0.2, 0.25) is 0 Å². The number of esters is 1. The Labute approximate surface area is 156 Å². The highest BCUT2D eigenvalue weighted by Gasteiger charge is 2.41. The topological polar surface area (TPSA) is 67.9 Å². The maximum absolute atomic E-state index is 13.8. The number of anilines is 1. The highest BCUT2D eigenvalue weighted by atomic mass is 19.1. The second-order valence-electron chi connectivity index (χ2n) is 6.40. The Kier molecular flexibility index (Phi) is 5.59. The third-order valence-electron chi connectivity index (χ3n) is 4.40. The fourth-order valence-electron chi connectivity index (χ4n) is 3.10. The summed E-state index contributed by atoms with van der Waals surface area (Å²) in [6.07, 6.45) is -0.295. The first-order valence-corrected chi connectivity index (χ1v) is 8.61. The summed E-state index contributed by atoms with van der Waals surface area (Å²) in [5.41, 5.74) is 1.63. The molecule has 0 unspecified atom stereocenters. The fourth-order valence-corrected chi connectivity index (χ4v) is 3.10. The number of para-hydroxylation sites is 1. The van der Waals surface area contributed by atoms with Crippen molar-refractivity contribution in [3.63, 3.8) is 0 Å². The van der Waals surface area contributed by atoms with E-state index in [1.165, 1.54) is 24.1 Å². The molecule has 0 saturated carbocycles. The lowest BCUT2D eigenvalue weighted by molar-refractivity contribution is -0.144. The Morgan fingerprint density at radius 1 is 1.19 bits per heavy atom. The van der Waals surface area contributed by atoms with Crippen LogP contribution in [0.15, 0.2) is 48.5 Å². The number of hydrogen-bond acceptors (Lipinski definition) is 4. The molecular formula is C20H21FN2O4. The monoisotopic (exact) mass is 372 g/mol. The van der Waals surface area contributed by atoms with Crippen molar-refractivity contribution >= 4 is 17.7 Å². The average Bonchev–Trinajstić information content (AvgIpc) is 3.07. The van der Waals surface area contributed by atoms with E-state index in [0.29, 0.717) is 5.69 Å². The second-order valence-corrected chi connectivity index (χ2v) is 6.40. The Morgan fingerprint density at radius 2 is 1.96 bits per heavy atom. The molecule has 1 aliphatic heterocycles. The lowest BCUT2D eigenvalue weighted by Crippen LogP contribution is -2.43. The Bertz CT molecular complexity index is 842. The van der Waals surface area contributed by atoms with Gasteiger partial charge < -0.3 is 19.7 Å². The number of likely N-dealkylation sites (tertiary alicyclic amines) is 1. The van der Waals surface area contributed by atoms with Crippen molar-refractivity contribution in [2.24, 2.45) is 0 Å². The van der Waals surface area contributed by atoms with Crippen LogP contribution in [0.5, 0.6) is 5.75 Å². The van der Waals surface area contributed by atoms with Gasteiger partial charge in [0.25, 0.3) is 0 Å². The predicted octanol–water partition coefficient (Wildman–Crippen LogP) is 3.36. The van der Waals surface area contributed by atoms with Gasteiger partial charge in [-0.25, -0.2) is 14.0 Å². The first-order chi connectivity index (χ1) is 13.0. The van der Waals surface area contributed by atoms with Crippen molar-refractivity contribution in [2.45, 2.75) is 25.5 Å². The van der Waals surface area contributed by atoms with Gasteiger partial charge in [0, 0.05) is 12.1 Å². The van der Waals surface area contributed by atoms with Crippen molar-refractivity contribution in [2.75, 3.05) is 19.0 Å². The summed E-state index contributed by atoms with van der Waals surface area (Å²) >= 11 is 0. The van der Waals surface area contributed by atoms with Gasteiger partial charge in [-0.1, -0.05) is 24.3 Å². The van der Waals surface area contributed by atoms with Crippen LogP contribution in [0, 0.1) is 12.7 Å². The van der Waals surface area contributed by atoms with E-state index in [2.05, 4.69) is 5.32 Å². The fraction of sp³-hybridized carbons (Fsp3) is 0.300. The van der Waals surface area contributed by atoms with Crippen molar-refractivity contribution in [3.8, 4) is 5.75 Å². The molecule has 1 saturated heterocycles. The first kappa shape index (κ1) is 18.7. The van der Waals surface area contributed by atoms with E-state index in [4.69, 9.17) is 9.47 Å². The molecule has 7 heteroatoms. The summed E-state index contributed by atoms with van der Waals surface area (Å²) in [6.45, 7) is 2.06. The van der Waals surface area contributed by atoms with Crippen LogP contribution in [-0.4, -0.2) is 42.7 Å². The maximum atomic E-state index is 13.8. The third-order valence-corrected chi connectivity index (χ3v) is 4.40. The quantitative estimate of drug-likeness (QED) is 0.836. The van der Waals surface area contributed by atoms with Gasteiger partial charge in [-0.3, -0.25) is 0 Å². The van der Waals surface area contributed by atoms with E-state index in [9.17, 15) is 14.0 Å². The number of methoxy groups -OCH3 is 1. The van der Waals surface area contributed by atoms with Crippen LogP contribution in [0.2, 0.25) is 0 Å². The normalized spacial score (nSPS) is 18.9. The molecule has 1 heterocycles. The average molecular weight is 372 g/mol. The number of benzene rings is 2. The minimum absolute atomic E-state index is 0.0899. The zero-order valence-corrected chi connectivity index (χ0v) is 15.1. The van der Waals surface area contributed by atoms with Gasteiger partial charge in [-0.15, -0.1) is 0 Å². The van der Waals surface area contributed by atoms with Gasteiger partial charge in [0.05, 0.1) is 13.7 Å². The summed E-state index contributed by atoms with van der Waals surface area (Å²) in [5.74, 6) is -0.934. The van der Waals surface area contributed by atoms with Gasteiger partial charge in [-0.2, -0.15) is 0 Å². The van der Waals surface area contributed by atoms with E-state index in [1.54, 1.807) is 18.2 Å². The summed E-state index contributed by atoms with van der Waals surface area (Å²) in [6, 6.07) is 12.1. The molecule has 0 bridgehead atoms. The first-order valence-electron chi connectivity index (χ1n) is 8.61. The highest BCUT2D eigenvalue weighted by molar-refractivity contribution is 5.93. The SMILES string of the molecule is COC(=O)[C@H]1C[C@@H](Oc2ccccc2F)CN1C(=O)Nc1cccc(C)c1. The molecular weight excluding hydrogens is 351 g/mol. The van der Waals surface area contributed by atoms with Gasteiger partial charge in [-0.05, 0) is 36.8 Å². The molecule has 1 N–H and O–H groups in total. The number of nitrogens with zero attached hydrogens (tertiary/aromatic N) is 1. The molecule has 0 aliphatic carbocycles. The van der Waals surface area contributed by atoms with E-state index in [-0.39, 0.29) is 18.7 Å². The molecule has 2 aromatic rings. The number of aryl methyl sites for hydroxylation is 1. The van der Waals surface area contributed by atoms with Crippen LogP contribution in [0.25, 0.3) is 0 Å². The smallest absolute Gasteiger partial charge is 0.328 e. The molecule has 1 fully saturated rings. The van der Waals surface area contributed by atoms with Crippen molar-refractivity contribution in [3.05, 3.63) is 59.9 Å². The zero-order valence-electron chi connectivity index (χ0n) is 15.1. The van der Waals surface area contributed by atoms with E-state index in [1.807, 2.05) is 25.1 Å². The largest absolute Gasteiger partial charge is 0.485 e. The molecule has 1 aliphatic rings. The minimum Gasteiger partial charge on any atom is -0.485 e. The van der Waals surface area contributed by atoms with Crippen LogP contribution in [0.1, 0.15) is 12.0 Å². The van der Waals surface area contributed by atoms with Crippen LogP contribution in [0.3, 0.4) is 0 Å². The van der Waals surface area contributed by atoms with Crippen molar-refractivity contribution in [1.29, 1.82) is 0 Å². The number of urea groups is 1. The summed E-state index contributed by atoms with van der Waals surface area (Å²) in [4.78, 5) is 26.2. The molecule has 0 spiro atoms. The number of rotatable bonds is 4. The Balaban J connectivity index is 1.74. The van der Waals surface area contributed by atoms with Crippen molar-refractivity contribution in [1.82, 2.24) is 4.90 Å². The number of halogens is 1. The minimum atomic E-state index is -0.795. The van der Waals surface area contributed by atoms with Crippen LogP contribution >= 0.6 is 0 Å². The molecule has 27 heavy (non-hydrogen) atoms. The summed E-state index contributed by atoms with van der Waals surface area (Å²) in [5, 5.41) is 2.78. The lowest BCUT2D eigenvalue weighted by Gasteiger charge is -2.22. The molecule has 6 nitrogen and oxygen atoms in total. The number of carbonyl (C=O) groups excluding carboxylic acids is 2. The molecule has 0 radical (unpaired) electrons. The summed E-state index contributed by atoms with van der Waals surface area (Å²) < 4.78 is 24.3. The standard InChI is InChI=1S/C20H21FN2O4/c1-13-6-5-7-14(10-13)22-20(25)23-12-15(11-17(23)19(24)26-2)27-18-9-4-3-8-16(18)21/h3-10,15,17H,11-12H2,1-2H3,(H,22,25)/t15-,17-/m1/s1. The molecule has 0 aromatic heterocycles. The highest BCUT2D eigenvalue weighted by Crippen LogP contribution is 2.26. The molecule has 2 amide bonds. The molecule has 142 valence electrons. The Hall–Kier alpha value is -3.09. The third kappa shape index (κ3) is 4.36. The summed E-state index contributed by atoms with van der Waals surface area (Å²) in [7, 11) is 1.27. The number of hydrogen-bond donors (Lipinski definition) is 1. The van der Waals surface area contributed by atoms with Crippen LogP contribution in [0.4, 0.5) is 14.9 Å².